The van der Waals surface area contributed by atoms with Crippen LogP contribution in [0.5, 0.6) is 5.75 Å². The number of hydrogen-bond donors (Lipinski definition) is 1. The number of rotatable bonds is 6. The number of nitrogens with one attached hydrogen (secondary N) is 1. The van der Waals surface area contributed by atoms with E-state index in [9.17, 15) is 4.79 Å². The molecule has 0 unspecified atom stereocenters. The van der Waals surface area contributed by atoms with Crippen molar-refractivity contribution < 1.29 is 14.3 Å². The van der Waals surface area contributed by atoms with Crippen molar-refractivity contribution in [2.45, 2.75) is 20.0 Å². The van der Waals surface area contributed by atoms with Gasteiger partial charge in [-0.05, 0) is 49.7 Å². The molecular weight excluding hydrogens is 392 g/mol. The zero-order valence-corrected chi connectivity index (χ0v) is 17.7. The number of carbonyl (C=O) groups excluding carboxylic acids is 1. The molecule has 2 aromatic heterocycles. The second kappa shape index (κ2) is 9.57. The predicted octanol–water partition coefficient (Wildman–Crippen LogP) is 3.82. The molecule has 160 valence electrons. The van der Waals surface area contributed by atoms with E-state index in [2.05, 4.69) is 15.3 Å². The first kappa shape index (κ1) is 20.8. The third-order valence-corrected chi connectivity index (χ3v) is 5.10. The van der Waals surface area contributed by atoms with E-state index in [4.69, 9.17) is 9.47 Å². The summed E-state index contributed by atoms with van der Waals surface area (Å²) in [6.45, 7) is 5.39. The number of carbonyl (C=O) groups is 1. The van der Waals surface area contributed by atoms with E-state index < -0.39 is 0 Å². The van der Waals surface area contributed by atoms with Gasteiger partial charge in [0.05, 0.1) is 18.8 Å². The van der Waals surface area contributed by atoms with Gasteiger partial charge in [-0.15, -0.1) is 0 Å². The van der Waals surface area contributed by atoms with Crippen molar-refractivity contribution in [1.82, 2.24) is 14.9 Å². The number of pyridine rings is 2. The SMILES string of the molecule is Cc1cc(Nc2ncccc2C)cc([C@@H]2CN(C(=O)COc3ccccc3)CCO2)n1. The number of anilines is 2. The number of ether oxygens (including phenoxy) is 2. The molecule has 1 fully saturated rings. The van der Waals surface area contributed by atoms with E-state index >= 15 is 0 Å². The molecule has 1 saturated heterocycles. The zero-order chi connectivity index (χ0) is 21.6. The van der Waals surface area contributed by atoms with Gasteiger partial charge >= 0.3 is 0 Å². The van der Waals surface area contributed by atoms with Crippen molar-refractivity contribution in [1.29, 1.82) is 0 Å². The highest BCUT2D eigenvalue weighted by atomic mass is 16.5. The molecule has 1 aliphatic heterocycles. The van der Waals surface area contributed by atoms with Crippen molar-refractivity contribution in [3.05, 3.63) is 77.7 Å². The van der Waals surface area contributed by atoms with Gasteiger partial charge in [-0.2, -0.15) is 0 Å². The van der Waals surface area contributed by atoms with Crippen molar-refractivity contribution in [3.8, 4) is 5.75 Å². The topological polar surface area (TPSA) is 76.6 Å². The summed E-state index contributed by atoms with van der Waals surface area (Å²) >= 11 is 0. The lowest BCUT2D eigenvalue weighted by atomic mass is 10.1. The Hall–Kier alpha value is -3.45. The van der Waals surface area contributed by atoms with E-state index in [-0.39, 0.29) is 18.6 Å². The molecule has 7 heteroatoms. The van der Waals surface area contributed by atoms with Gasteiger partial charge in [0, 0.05) is 24.1 Å². The van der Waals surface area contributed by atoms with Crippen LogP contribution in [-0.2, 0) is 9.53 Å². The Morgan fingerprint density at radius 2 is 2.03 bits per heavy atom. The first-order chi connectivity index (χ1) is 15.1. The molecule has 1 N–H and O–H groups in total. The van der Waals surface area contributed by atoms with E-state index in [0.717, 1.165) is 28.5 Å². The first-order valence-electron chi connectivity index (χ1n) is 10.3. The Kier molecular flexibility index (Phi) is 6.43. The molecule has 7 nitrogen and oxygen atoms in total. The van der Waals surface area contributed by atoms with Crippen LogP contribution in [-0.4, -0.2) is 47.1 Å². The molecule has 0 radical (unpaired) electrons. The fourth-order valence-electron chi connectivity index (χ4n) is 3.49. The lowest BCUT2D eigenvalue weighted by Gasteiger charge is -2.33. The maximum absolute atomic E-state index is 12.7. The maximum Gasteiger partial charge on any atom is 0.260 e. The van der Waals surface area contributed by atoms with Crippen LogP contribution in [0, 0.1) is 13.8 Å². The molecule has 0 saturated carbocycles. The highest BCUT2D eigenvalue weighted by molar-refractivity contribution is 5.78. The second-order valence-corrected chi connectivity index (χ2v) is 7.52. The van der Waals surface area contributed by atoms with Gasteiger partial charge in [0.2, 0.25) is 0 Å². The van der Waals surface area contributed by atoms with Crippen LogP contribution < -0.4 is 10.1 Å². The Morgan fingerprint density at radius 3 is 2.84 bits per heavy atom. The van der Waals surface area contributed by atoms with Gasteiger partial charge in [0.25, 0.3) is 5.91 Å². The number of morpholine rings is 1. The number of aromatic nitrogens is 2. The van der Waals surface area contributed by atoms with Crippen molar-refractivity contribution >= 4 is 17.4 Å². The van der Waals surface area contributed by atoms with Crippen LogP contribution in [0.15, 0.2) is 60.8 Å². The van der Waals surface area contributed by atoms with Gasteiger partial charge in [-0.25, -0.2) is 4.98 Å². The summed E-state index contributed by atoms with van der Waals surface area (Å²) in [6.07, 6.45) is 1.47. The molecule has 31 heavy (non-hydrogen) atoms. The molecule has 4 rings (SSSR count). The van der Waals surface area contributed by atoms with E-state index in [0.29, 0.717) is 25.4 Å². The van der Waals surface area contributed by atoms with Gasteiger partial charge in [-0.3, -0.25) is 9.78 Å². The van der Waals surface area contributed by atoms with Crippen LogP contribution in [0.3, 0.4) is 0 Å². The summed E-state index contributed by atoms with van der Waals surface area (Å²) in [5, 5.41) is 3.36. The monoisotopic (exact) mass is 418 g/mol. The minimum Gasteiger partial charge on any atom is -0.484 e. The standard InChI is InChI=1S/C24H26N4O3/c1-17-7-6-10-25-24(17)27-19-13-18(2)26-21(14-19)22-15-28(11-12-30-22)23(29)16-31-20-8-4-3-5-9-20/h3-10,13-14,22H,11-12,15-16H2,1-2H3,(H,25,26,27)/t22-/m0/s1. The first-order valence-corrected chi connectivity index (χ1v) is 10.3. The second-order valence-electron chi connectivity index (χ2n) is 7.52. The Labute approximate surface area is 182 Å². The molecule has 1 atom stereocenters. The minimum atomic E-state index is -0.292. The largest absolute Gasteiger partial charge is 0.484 e. The van der Waals surface area contributed by atoms with Crippen LogP contribution in [0.1, 0.15) is 23.1 Å². The molecule has 0 aliphatic carbocycles. The molecule has 0 spiro atoms. The fourth-order valence-corrected chi connectivity index (χ4v) is 3.49. The molecule has 3 heterocycles. The lowest BCUT2D eigenvalue weighted by molar-refractivity contribution is -0.141. The lowest BCUT2D eigenvalue weighted by Crippen LogP contribution is -2.44. The summed E-state index contributed by atoms with van der Waals surface area (Å²) in [4.78, 5) is 23.5. The van der Waals surface area contributed by atoms with E-state index in [1.54, 1.807) is 11.1 Å². The summed E-state index contributed by atoms with van der Waals surface area (Å²) < 4.78 is 11.6. The molecular formula is C24H26N4O3. The summed E-state index contributed by atoms with van der Waals surface area (Å²) in [7, 11) is 0. The van der Waals surface area contributed by atoms with Gasteiger partial charge in [-0.1, -0.05) is 24.3 Å². The molecule has 1 aliphatic rings. The van der Waals surface area contributed by atoms with Gasteiger partial charge in [0.1, 0.15) is 17.7 Å². The van der Waals surface area contributed by atoms with E-state index in [1.165, 1.54) is 0 Å². The average molecular weight is 418 g/mol. The molecule has 1 aromatic carbocycles. The zero-order valence-electron chi connectivity index (χ0n) is 17.7. The van der Waals surface area contributed by atoms with Crippen LogP contribution in [0.2, 0.25) is 0 Å². The normalized spacial score (nSPS) is 16.1. The molecule has 1 amide bonds. The smallest absolute Gasteiger partial charge is 0.260 e. The van der Waals surface area contributed by atoms with Crippen molar-refractivity contribution in [2.75, 3.05) is 31.6 Å². The average Bonchev–Trinajstić information content (AvgIpc) is 2.79. The van der Waals surface area contributed by atoms with Gasteiger partial charge < -0.3 is 19.7 Å². The van der Waals surface area contributed by atoms with E-state index in [1.807, 2.05) is 68.4 Å². The molecule has 3 aromatic rings. The van der Waals surface area contributed by atoms with Crippen LogP contribution in [0.4, 0.5) is 11.5 Å². The van der Waals surface area contributed by atoms with Crippen molar-refractivity contribution in [2.24, 2.45) is 0 Å². The fraction of sp³-hybridized carbons (Fsp3) is 0.292. The van der Waals surface area contributed by atoms with Crippen LogP contribution >= 0.6 is 0 Å². The number of benzene rings is 1. The van der Waals surface area contributed by atoms with Crippen LogP contribution in [0.25, 0.3) is 0 Å². The number of hydrogen-bond acceptors (Lipinski definition) is 6. The predicted molar refractivity (Wildman–Crippen MR) is 118 cm³/mol. The quantitative estimate of drug-likeness (QED) is 0.656. The van der Waals surface area contributed by atoms with Crippen molar-refractivity contribution in [3.63, 3.8) is 0 Å². The Morgan fingerprint density at radius 1 is 1.19 bits per heavy atom. The minimum absolute atomic E-state index is 0.00371. The Balaban J connectivity index is 1.43. The number of nitrogens with zero attached hydrogens (tertiary/aromatic N) is 3. The summed E-state index contributed by atoms with van der Waals surface area (Å²) in [5.74, 6) is 1.42. The highest BCUT2D eigenvalue weighted by Gasteiger charge is 2.27. The number of para-hydroxylation sites is 1. The summed E-state index contributed by atoms with van der Waals surface area (Å²) in [6, 6.07) is 17.2. The number of aryl methyl sites for hydroxylation is 2. The third-order valence-electron chi connectivity index (χ3n) is 5.10. The highest BCUT2D eigenvalue weighted by Crippen LogP contribution is 2.26. The number of amides is 1. The van der Waals surface area contributed by atoms with Gasteiger partial charge in [0.15, 0.2) is 6.61 Å². The maximum atomic E-state index is 12.7. The molecule has 0 bridgehead atoms. The Bertz CT molecular complexity index is 1040. The third kappa shape index (κ3) is 5.38. The summed E-state index contributed by atoms with van der Waals surface area (Å²) in [5.41, 5.74) is 3.61.